The monoisotopic (exact) mass is 561 g/mol. The summed E-state index contributed by atoms with van der Waals surface area (Å²) in [6.07, 6.45) is 6.63. The molecular formula is C29H47N5O6. The van der Waals surface area contributed by atoms with E-state index in [1.54, 1.807) is 27.8 Å². The largest absolute Gasteiger partial charge is 0.356 e. The van der Waals surface area contributed by atoms with Gasteiger partial charge in [0.1, 0.15) is 12.1 Å². The number of hydrogen-bond acceptors (Lipinski definition) is 6. The molecule has 0 aromatic rings. The van der Waals surface area contributed by atoms with Crippen molar-refractivity contribution in [1.82, 2.24) is 26.2 Å². The Kier molecular flexibility index (Phi) is 10.7. The van der Waals surface area contributed by atoms with Crippen LogP contribution in [0.4, 0.5) is 0 Å². The second-order valence-corrected chi connectivity index (χ2v) is 12.7. The summed E-state index contributed by atoms with van der Waals surface area (Å²) in [5.41, 5.74) is -0.683. The topological polar surface area (TPSA) is 154 Å². The number of Topliss-reactive ketones (excluding diaryl/α,β-unsaturated/α-hetero) is 1. The third-order valence-electron chi connectivity index (χ3n) is 8.24. The number of amides is 5. The predicted octanol–water partition coefficient (Wildman–Crippen LogP) is 1.19. The lowest BCUT2D eigenvalue weighted by atomic mass is 9.91. The molecule has 3 fully saturated rings. The first-order valence-corrected chi connectivity index (χ1v) is 14.8. The van der Waals surface area contributed by atoms with Crippen molar-refractivity contribution in [3.8, 4) is 0 Å². The van der Waals surface area contributed by atoms with Gasteiger partial charge in [0.05, 0.1) is 6.04 Å². The predicted molar refractivity (Wildman–Crippen MR) is 149 cm³/mol. The molecule has 11 nitrogen and oxygen atoms in total. The van der Waals surface area contributed by atoms with Gasteiger partial charge in [-0.2, -0.15) is 0 Å². The van der Waals surface area contributed by atoms with Gasteiger partial charge in [0, 0.05) is 31.0 Å². The summed E-state index contributed by atoms with van der Waals surface area (Å²) in [5.74, 6) is -3.41. The highest BCUT2D eigenvalue weighted by atomic mass is 16.2. The summed E-state index contributed by atoms with van der Waals surface area (Å²) in [6, 6.07) is -2.88. The molecule has 3 rings (SSSR count). The van der Waals surface area contributed by atoms with Gasteiger partial charge in [-0.1, -0.05) is 47.0 Å². The van der Waals surface area contributed by atoms with Gasteiger partial charge < -0.3 is 26.2 Å². The van der Waals surface area contributed by atoms with Crippen molar-refractivity contribution in [2.24, 2.45) is 17.3 Å². The van der Waals surface area contributed by atoms with E-state index in [9.17, 15) is 28.8 Å². The van der Waals surface area contributed by atoms with Crippen molar-refractivity contribution in [3.05, 3.63) is 0 Å². The van der Waals surface area contributed by atoms with E-state index in [0.717, 1.165) is 38.5 Å². The number of ketones is 1. The molecule has 5 amide bonds. The maximum absolute atomic E-state index is 13.8. The van der Waals surface area contributed by atoms with E-state index in [2.05, 4.69) is 21.3 Å². The molecule has 3 aliphatic rings. The normalized spacial score (nSPS) is 21.6. The SMILES string of the molecule is CCC[C@@H](C(=O)N[C@@H](C[C@@H]1CCNC1=O)C(=O)C(=O)NC1CC1)N(C)C(=O)[C@H](NC(=O)C(C)(C)C)C1CCCC1. The smallest absolute Gasteiger partial charge is 0.289 e. The second kappa shape index (κ2) is 13.6. The fourth-order valence-electron chi connectivity index (χ4n) is 5.47. The highest BCUT2D eigenvalue weighted by molar-refractivity contribution is 6.38. The molecule has 0 aromatic heterocycles. The lowest BCUT2D eigenvalue weighted by Gasteiger charge is -2.35. The third kappa shape index (κ3) is 8.27. The summed E-state index contributed by atoms with van der Waals surface area (Å²) < 4.78 is 0. The summed E-state index contributed by atoms with van der Waals surface area (Å²) >= 11 is 0. The van der Waals surface area contributed by atoms with Crippen molar-refractivity contribution >= 4 is 35.3 Å². The van der Waals surface area contributed by atoms with Crippen LogP contribution >= 0.6 is 0 Å². The maximum atomic E-state index is 13.8. The molecular weight excluding hydrogens is 514 g/mol. The lowest BCUT2D eigenvalue weighted by Crippen LogP contribution is -2.59. The highest BCUT2D eigenvalue weighted by Crippen LogP contribution is 2.30. The molecule has 4 atom stereocenters. The van der Waals surface area contributed by atoms with Gasteiger partial charge in [-0.15, -0.1) is 0 Å². The van der Waals surface area contributed by atoms with Gasteiger partial charge in [-0.25, -0.2) is 0 Å². The van der Waals surface area contributed by atoms with Crippen LogP contribution in [0.15, 0.2) is 0 Å². The minimum absolute atomic E-state index is 0.0112. The number of nitrogens with one attached hydrogen (secondary N) is 4. The number of nitrogens with zero attached hydrogens (tertiary/aromatic N) is 1. The molecule has 1 aliphatic heterocycles. The molecule has 0 spiro atoms. The van der Waals surface area contributed by atoms with Crippen LogP contribution in [0.2, 0.25) is 0 Å². The number of carbonyl (C=O) groups is 6. The molecule has 0 radical (unpaired) electrons. The standard InChI is InChI=1S/C29H47N5O6/c1-6-9-21(34(5)27(39)22(17-10-7-8-11-17)33-28(40)29(2,3)4)25(37)32-20(16-18-14-15-30-24(18)36)23(35)26(38)31-19-12-13-19/h17-22H,6-16H2,1-5H3,(H,30,36)(H,31,38)(H,32,37)(H,33,40)/t18-,20-,21-,22+/m0/s1. The number of likely N-dealkylation sites (N-methyl/N-ethyl adjacent to an activating group) is 1. The minimum Gasteiger partial charge on any atom is -0.356 e. The van der Waals surface area contributed by atoms with Gasteiger partial charge >= 0.3 is 0 Å². The first-order chi connectivity index (χ1) is 18.8. The number of rotatable bonds is 13. The van der Waals surface area contributed by atoms with E-state index in [-0.39, 0.29) is 36.1 Å². The summed E-state index contributed by atoms with van der Waals surface area (Å²) in [5, 5.41) is 11.1. The Hall–Kier alpha value is -2.98. The molecule has 1 heterocycles. The molecule has 0 bridgehead atoms. The fourth-order valence-corrected chi connectivity index (χ4v) is 5.47. The maximum Gasteiger partial charge on any atom is 0.289 e. The quantitative estimate of drug-likeness (QED) is 0.248. The van der Waals surface area contributed by atoms with Gasteiger partial charge in [0.15, 0.2) is 0 Å². The van der Waals surface area contributed by atoms with Crippen LogP contribution in [0.3, 0.4) is 0 Å². The van der Waals surface area contributed by atoms with Crippen molar-refractivity contribution in [3.63, 3.8) is 0 Å². The van der Waals surface area contributed by atoms with Gasteiger partial charge in [0.25, 0.3) is 5.91 Å². The van der Waals surface area contributed by atoms with Crippen molar-refractivity contribution in [2.45, 2.75) is 116 Å². The van der Waals surface area contributed by atoms with Crippen molar-refractivity contribution in [1.29, 1.82) is 0 Å². The Morgan fingerprint density at radius 2 is 1.65 bits per heavy atom. The van der Waals surface area contributed by atoms with Crippen LogP contribution in [0.1, 0.15) is 91.9 Å². The zero-order valence-electron chi connectivity index (χ0n) is 24.6. The van der Waals surface area contributed by atoms with Crippen LogP contribution in [0.5, 0.6) is 0 Å². The minimum atomic E-state index is -1.19. The van der Waals surface area contributed by atoms with E-state index in [1.165, 1.54) is 4.90 Å². The lowest BCUT2D eigenvalue weighted by molar-refractivity contribution is -0.145. The first kappa shape index (κ1) is 31.5. The van der Waals surface area contributed by atoms with Crippen molar-refractivity contribution in [2.75, 3.05) is 13.6 Å². The average Bonchev–Trinajstić information content (AvgIpc) is 3.36. The Balaban J connectivity index is 1.78. The van der Waals surface area contributed by atoms with Crippen LogP contribution in [0, 0.1) is 17.3 Å². The van der Waals surface area contributed by atoms with E-state index in [0.29, 0.717) is 25.8 Å². The van der Waals surface area contributed by atoms with E-state index < -0.39 is 47.1 Å². The van der Waals surface area contributed by atoms with E-state index >= 15 is 0 Å². The Morgan fingerprint density at radius 1 is 1.00 bits per heavy atom. The van der Waals surface area contributed by atoms with E-state index in [1.807, 2.05) is 6.92 Å². The zero-order chi connectivity index (χ0) is 29.6. The van der Waals surface area contributed by atoms with Crippen molar-refractivity contribution < 1.29 is 28.8 Å². The Morgan fingerprint density at radius 3 is 2.17 bits per heavy atom. The second-order valence-electron chi connectivity index (χ2n) is 12.7. The average molecular weight is 562 g/mol. The molecule has 4 N–H and O–H groups in total. The van der Waals surface area contributed by atoms with Gasteiger partial charge in [-0.3, -0.25) is 28.8 Å². The zero-order valence-corrected chi connectivity index (χ0v) is 24.6. The molecule has 0 unspecified atom stereocenters. The molecule has 2 saturated carbocycles. The Labute approximate surface area is 237 Å². The molecule has 40 heavy (non-hydrogen) atoms. The molecule has 2 aliphatic carbocycles. The number of hydrogen-bond donors (Lipinski definition) is 4. The van der Waals surface area contributed by atoms with Gasteiger partial charge in [-0.05, 0) is 50.9 Å². The summed E-state index contributed by atoms with van der Waals surface area (Å²) in [6.45, 7) is 7.73. The molecule has 1 saturated heterocycles. The van der Waals surface area contributed by atoms with Crippen LogP contribution in [-0.4, -0.2) is 78.0 Å². The molecule has 224 valence electrons. The van der Waals surface area contributed by atoms with Crippen LogP contribution in [0.25, 0.3) is 0 Å². The third-order valence-corrected chi connectivity index (χ3v) is 8.24. The van der Waals surface area contributed by atoms with E-state index in [4.69, 9.17) is 0 Å². The summed E-state index contributed by atoms with van der Waals surface area (Å²) in [4.78, 5) is 79.7. The molecule has 0 aromatic carbocycles. The fraction of sp³-hybridized carbons (Fsp3) is 0.793. The Bertz CT molecular complexity index is 982. The van der Waals surface area contributed by atoms with Crippen LogP contribution < -0.4 is 21.3 Å². The highest BCUT2D eigenvalue weighted by Gasteiger charge is 2.41. The number of carbonyl (C=O) groups excluding carboxylic acids is 6. The van der Waals surface area contributed by atoms with Crippen LogP contribution in [-0.2, 0) is 28.8 Å². The first-order valence-electron chi connectivity index (χ1n) is 14.8. The van der Waals surface area contributed by atoms with Gasteiger partial charge in [0.2, 0.25) is 29.4 Å². The molecule has 11 heteroatoms. The summed E-state index contributed by atoms with van der Waals surface area (Å²) in [7, 11) is 1.55.